The van der Waals surface area contributed by atoms with Crippen molar-refractivity contribution in [3.63, 3.8) is 0 Å². The van der Waals surface area contributed by atoms with Crippen LogP contribution in [-0.2, 0) is 0 Å². The van der Waals surface area contributed by atoms with Gasteiger partial charge in [-0.1, -0.05) is 0 Å². The van der Waals surface area contributed by atoms with Gasteiger partial charge in [0.15, 0.2) is 11.5 Å². The van der Waals surface area contributed by atoms with Gasteiger partial charge in [0.2, 0.25) is 0 Å². The molecule has 0 radical (unpaired) electrons. The molecule has 0 atom stereocenters. The number of aliphatic hydroxyl groups excluding tert-OH is 1. The lowest BCUT2D eigenvalue weighted by Crippen LogP contribution is -2.20. The zero-order valence-corrected chi connectivity index (χ0v) is 10.2. The zero-order valence-electron chi connectivity index (χ0n) is 10.2. The van der Waals surface area contributed by atoms with E-state index < -0.39 is 0 Å². The van der Waals surface area contributed by atoms with Crippen molar-refractivity contribution in [3.8, 4) is 11.5 Å². The smallest absolute Gasteiger partial charge is 0.163 e. The van der Waals surface area contributed by atoms with E-state index in [9.17, 15) is 0 Å². The fourth-order valence-corrected chi connectivity index (χ4v) is 1.86. The van der Waals surface area contributed by atoms with Crippen LogP contribution in [0.5, 0.6) is 11.5 Å². The molecule has 0 aromatic heterocycles. The van der Waals surface area contributed by atoms with Gasteiger partial charge in [-0.05, 0) is 25.0 Å². The molecule has 0 spiro atoms. The summed E-state index contributed by atoms with van der Waals surface area (Å²) in [6.07, 6.45) is 1.83. The molecule has 4 heteroatoms. The van der Waals surface area contributed by atoms with Crippen molar-refractivity contribution in [3.05, 3.63) is 18.2 Å². The molecule has 0 fully saturated rings. The first-order chi connectivity index (χ1) is 8.31. The third kappa shape index (κ3) is 3.03. The second-order valence-electron chi connectivity index (χ2n) is 4.18. The third-order valence-electron chi connectivity index (χ3n) is 2.87. The van der Waals surface area contributed by atoms with Crippen molar-refractivity contribution in [2.24, 2.45) is 0 Å². The molecule has 1 aromatic rings. The molecule has 1 N–H and O–H groups in total. The molecule has 4 nitrogen and oxygen atoms in total. The maximum atomic E-state index is 8.75. The Kier molecular flexibility index (Phi) is 4.09. The summed E-state index contributed by atoms with van der Waals surface area (Å²) in [6, 6.07) is 5.99. The van der Waals surface area contributed by atoms with Crippen LogP contribution in [0.4, 0.5) is 5.69 Å². The van der Waals surface area contributed by atoms with Crippen molar-refractivity contribution in [1.29, 1.82) is 0 Å². The standard InChI is InChI=1S/C13H19NO3/c1-14(6-2-3-7-15)11-4-5-12-13(10-11)17-9-8-16-12/h4-5,10,15H,2-3,6-9H2,1H3. The van der Waals surface area contributed by atoms with Crippen LogP contribution in [0.1, 0.15) is 12.8 Å². The number of hydrogen-bond donors (Lipinski definition) is 1. The zero-order chi connectivity index (χ0) is 12.1. The molecule has 2 rings (SSSR count). The lowest BCUT2D eigenvalue weighted by atomic mass is 10.2. The number of ether oxygens (including phenoxy) is 2. The summed E-state index contributed by atoms with van der Waals surface area (Å²) in [5.41, 5.74) is 1.12. The molecule has 1 aliphatic rings. The van der Waals surface area contributed by atoms with Crippen molar-refractivity contribution < 1.29 is 14.6 Å². The Balaban J connectivity index is 2.00. The van der Waals surface area contributed by atoms with E-state index in [0.29, 0.717) is 13.2 Å². The Hall–Kier alpha value is -1.42. The van der Waals surface area contributed by atoms with Gasteiger partial charge in [-0.15, -0.1) is 0 Å². The van der Waals surface area contributed by atoms with E-state index in [4.69, 9.17) is 14.6 Å². The van der Waals surface area contributed by atoms with Crippen LogP contribution < -0.4 is 14.4 Å². The van der Waals surface area contributed by atoms with Crippen LogP contribution in [0.3, 0.4) is 0 Å². The Bertz CT molecular complexity index is 368. The van der Waals surface area contributed by atoms with Gasteiger partial charge in [0.1, 0.15) is 13.2 Å². The van der Waals surface area contributed by atoms with E-state index in [1.807, 2.05) is 25.2 Å². The van der Waals surface area contributed by atoms with Gasteiger partial charge in [0.25, 0.3) is 0 Å². The van der Waals surface area contributed by atoms with Crippen LogP contribution in [-0.4, -0.2) is 38.5 Å². The van der Waals surface area contributed by atoms with Gasteiger partial charge in [0.05, 0.1) is 0 Å². The van der Waals surface area contributed by atoms with Crippen LogP contribution in [0.2, 0.25) is 0 Å². The highest BCUT2D eigenvalue weighted by Crippen LogP contribution is 2.33. The van der Waals surface area contributed by atoms with E-state index in [2.05, 4.69) is 4.90 Å². The fourth-order valence-electron chi connectivity index (χ4n) is 1.86. The molecule has 0 amide bonds. The maximum Gasteiger partial charge on any atom is 0.163 e. The van der Waals surface area contributed by atoms with Crippen LogP contribution in [0.15, 0.2) is 18.2 Å². The molecule has 0 unspecified atom stereocenters. The topological polar surface area (TPSA) is 41.9 Å². The summed E-state index contributed by atoms with van der Waals surface area (Å²) in [5, 5.41) is 8.75. The monoisotopic (exact) mass is 237 g/mol. The molecular formula is C13H19NO3. The fraction of sp³-hybridized carbons (Fsp3) is 0.538. The van der Waals surface area contributed by atoms with Gasteiger partial charge in [-0.3, -0.25) is 0 Å². The summed E-state index contributed by atoms with van der Waals surface area (Å²) in [7, 11) is 2.04. The van der Waals surface area contributed by atoms with Gasteiger partial charge in [-0.25, -0.2) is 0 Å². The minimum absolute atomic E-state index is 0.259. The quantitative estimate of drug-likeness (QED) is 0.791. The molecule has 0 bridgehead atoms. The molecule has 1 aromatic carbocycles. The molecular weight excluding hydrogens is 218 g/mol. The maximum absolute atomic E-state index is 8.75. The van der Waals surface area contributed by atoms with Crippen molar-refractivity contribution in [1.82, 2.24) is 0 Å². The van der Waals surface area contributed by atoms with E-state index in [1.54, 1.807) is 0 Å². The minimum atomic E-state index is 0.259. The average molecular weight is 237 g/mol. The van der Waals surface area contributed by atoms with Gasteiger partial charge >= 0.3 is 0 Å². The summed E-state index contributed by atoms with van der Waals surface area (Å²) in [5.74, 6) is 1.64. The minimum Gasteiger partial charge on any atom is -0.486 e. The second kappa shape index (κ2) is 5.77. The number of fused-ring (bicyclic) bond motifs is 1. The molecule has 0 saturated carbocycles. The molecule has 0 saturated heterocycles. The van der Waals surface area contributed by atoms with E-state index in [0.717, 1.165) is 36.6 Å². The van der Waals surface area contributed by atoms with Crippen molar-refractivity contribution in [2.45, 2.75) is 12.8 Å². The molecule has 1 aliphatic heterocycles. The Labute approximate surface area is 102 Å². The van der Waals surface area contributed by atoms with Crippen molar-refractivity contribution >= 4 is 5.69 Å². The number of aliphatic hydroxyl groups is 1. The highest BCUT2D eigenvalue weighted by Gasteiger charge is 2.12. The third-order valence-corrected chi connectivity index (χ3v) is 2.87. The highest BCUT2D eigenvalue weighted by atomic mass is 16.6. The Morgan fingerprint density at radius 1 is 1.18 bits per heavy atom. The number of benzene rings is 1. The van der Waals surface area contributed by atoms with E-state index in [-0.39, 0.29) is 6.61 Å². The summed E-state index contributed by atoms with van der Waals surface area (Å²) in [4.78, 5) is 2.16. The van der Waals surface area contributed by atoms with Gasteiger partial charge in [-0.2, -0.15) is 0 Å². The van der Waals surface area contributed by atoms with Gasteiger partial charge in [0, 0.05) is 32.0 Å². The summed E-state index contributed by atoms with van der Waals surface area (Å²) in [6.45, 7) is 2.43. The summed E-state index contributed by atoms with van der Waals surface area (Å²) >= 11 is 0. The Morgan fingerprint density at radius 2 is 1.94 bits per heavy atom. The molecule has 1 heterocycles. The van der Waals surface area contributed by atoms with Crippen LogP contribution >= 0.6 is 0 Å². The lowest BCUT2D eigenvalue weighted by Gasteiger charge is -2.23. The first-order valence-corrected chi connectivity index (χ1v) is 6.03. The number of anilines is 1. The number of unbranched alkanes of at least 4 members (excludes halogenated alkanes) is 1. The average Bonchev–Trinajstić information content (AvgIpc) is 2.38. The predicted molar refractivity (Wildman–Crippen MR) is 67.0 cm³/mol. The first kappa shape index (κ1) is 12.0. The number of hydrogen-bond acceptors (Lipinski definition) is 4. The largest absolute Gasteiger partial charge is 0.486 e. The normalized spacial score (nSPS) is 13.5. The predicted octanol–water partition coefficient (Wildman–Crippen LogP) is 1.67. The highest BCUT2D eigenvalue weighted by molar-refractivity contribution is 5.56. The second-order valence-corrected chi connectivity index (χ2v) is 4.18. The lowest BCUT2D eigenvalue weighted by molar-refractivity contribution is 0.171. The Morgan fingerprint density at radius 3 is 2.71 bits per heavy atom. The van der Waals surface area contributed by atoms with Crippen LogP contribution in [0.25, 0.3) is 0 Å². The van der Waals surface area contributed by atoms with Crippen LogP contribution in [0, 0.1) is 0 Å². The van der Waals surface area contributed by atoms with Crippen molar-refractivity contribution in [2.75, 3.05) is 38.3 Å². The molecule has 0 aliphatic carbocycles. The molecule has 17 heavy (non-hydrogen) atoms. The number of rotatable bonds is 5. The van der Waals surface area contributed by atoms with E-state index >= 15 is 0 Å². The van der Waals surface area contributed by atoms with Gasteiger partial charge < -0.3 is 19.5 Å². The summed E-state index contributed by atoms with van der Waals surface area (Å²) < 4.78 is 11.0. The van der Waals surface area contributed by atoms with E-state index in [1.165, 1.54) is 0 Å². The molecule has 94 valence electrons. The first-order valence-electron chi connectivity index (χ1n) is 6.03. The number of nitrogens with zero attached hydrogens (tertiary/aromatic N) is 1. The SMILES string of the molecule is CN(CCCCO)c1ccc2c(c1)OCCO2.